The summed E-state index contributed by atoms with van der Waals surface area (Å²) in [6, 6.07) is 0.438. The van der Waals surface area contributed by atoms with Crippen molar-refractivity contribution < 1.29 is 39.9 Å². The van der Waals surface area contributed by atoms with Crippen molar-refractivity contribution >= 4 is 35.0 Å². The van der Waals surface area contributed by atoms with Gasteiger partial charge in [0.25, 0.3) is 5.91 Å². The van der Waals surface area contributed by atoms with E-state index >= 15 is 0 Å². The molecule has 1 aromatic rings. The molecule has 1 fully saturated rings. The number of aliphatic hydroxyl groups is 4. The Morgan fingerprint density at radius 3 is 2.21 bits per heavy atom. The summed E-state index contributed by atoms with van der Waals surface area (Å²) in [5.41, 5.74) is 1.61. The van der Waals surface area contributed by atoms with Crippen molar-refractivity contribution in [3.05, 3.63) is 39.7 Å². The number of phenolic OH excluding ortho intramolecular Hbond substituents is 1. The van der Waals surface area contributed by atoms with Gasteiger partial charge < -0.3 is 31.3 Å². The molecule has 38 heavy (non-hydrogen) atoms. The number of ketones is 2. The fourth-order valence-corrected chi connectivity index (χ4v) is 7.21. The second kappa shape index (κ2) is 8.84. The Bertz CT molecular complexity index is 1340. The number of hydrogen-bond acceptors (Lipinski definition) is 10. The highest BCUT2D eigenvalue weighted by Crippen LogP contribution is 2.58. The molecular formula is C27H34N2O8S. The molecule has 3 aliphatic rings. The molecule has 206 valence electrons. The van der Waals surface area contributed by atoms with Crippen LogP contribution in [0.3, 0.4) is 0 Å². The summed E-state index contributed by atoms with van der Waals surface area (Å²) in [5, 5.41) is 57.4. The van der Waals surface area contributed by atoms with Crippen molar-refractivity contribution in [1.82, 2.24) is 4.90 Å². The first-order valence-electron chi connectivity index (χ1n) is 12.2. The second-order valence-electron chi connectivity index (χ2n) is 11.6. The smallest absolute Gasteiger partial charge is 0.255 e. The number of primary amides is 1. The van der Waals surface area contributed by atoms with Gasteiger partial charge in [-0.1, -0.05) is 27.7 Å². The Morgan fingerprint density at radius 2 is 1.74 bits per heavy atom. The molecule has 0 unspecified atom stereocenters. The van der Waals surface area contributed by atoms with Crippen LogP contribution < -0.4 is 5.73 Å². The molecule has 1 saturated carbocycles. The van der Waals surface area contributed by atoms with E-state index in [1.165, 1.54) is 30.8 Å². The van der Waals surface area contributed by atoms with E-state index < -0.39 is 81.1 Å². The quantitative estimate of drug-likeness (QED) is 0.240. The van der Waals surface area contributed by atoms with E-state index in [-0.39, 0.29) is 11.3 Å². The molecule has 0 saturated heterocycles. The molecule has 0 aliphatic heterocycles. The minimum Gasteiger partial charge on any atom is -0.508 e. The number of phenols is 1. The maximum atomic E-state index is 14.1. The molecule has 7 N–H and O–H groups in total. The van der Waals surface area contributed by atoms with Crippen LogP contribution in [0, 0.1) is 11.8 Å². The number of Topliss-reactive ketones (excluding diaryl/α,β-unsaturated/α-hetero) is 2. The third kappa shape index (κ3) is 3.48. The highest BCUT2D eigenvalue weighted by atomic mass is 32.2. The standard InChI is InChI=1S/C27H34N2O8S/c1-9-12-11(38-7)8-10(26(2,3)4)19(30)14(12)20(31)15-13(9)21(32)17-18(29(5)6)22(33)16(25(28)36)24(35)27(17,37)23(15)34/h8-9,13,17-18,21,30-32,35,37H,1-7H3,(H2,28,36)/t9-,13+,17+,18-,21-,27-/m0/s1. The number of amides is 1. The van der Waals surface area contributed by atoms with Crippen molar-refractivity contribution in [2.24, 2.45) is 17.6 Å². The number of hydrogen-bond donors (Lipinski definition) is 6. The lowest BCUT2D eigenvalue weighted by Gasteiger charge is -2.54. The Labute approximate surface area is 224 Å². The molecule has 6 atom stereocenters. The van der Waals surface area contributed by atoms with Crippen LogP contribution in [0.1, 0.15) is 50.3 Å². The summed E-state index contributed by atoms with van der Waals surface area (Å²) < 4.78 is 0. The maximum Gasteiger partial charge on any atom is 0.255 e. The van der Waals surface area contributed by atoms with Crippen molar-refractivity contribution in [2.45, 2.75) is 61.7 Å². The van der Waals surface area contributed by atoms with Gasteiger partial charge in [0.05, 0.1) is 23.6 Å². The van der Waals surface area contributed by atoms with Crippen LogP contribution in [-0.2, 0) is 19.8 Å². The number of nitrogens with zero attached hydrogens (tertiary/aromatic N) is 1. The van der Waals surface area contributed by atoms with Gasteiger partial charge in [0, 0.05) is 21.9 Å². The molecule has 0 heterocycles. The lowest BCUT2D eigenvalue weighted by molar-refractivity contribution is -0.169. The summed E-state index contributed by atoms with van der Waals surface area (Å²) in [7, 11) is 2.95. The van der Waals surface area contributed by atoms with Gasteiger partial charge in [0.1, 0.15) is 22.8 Å². The molecule has 0 radical (unpaired) electrons. The Kier molecular flexibility index (Phi) is 6.55. The summed E-state index contributed by atoms with van der Waals surface area (Å²) >= 11 is 1.38. The van der Waals surface area contributed by atoms with Crippen molar-refractivity contribution in [1.29, 1.82) is 0 Å². The van der Waals surface area contributed by atoms with Crippen molar-refractivity contribution in [3.63, 3.8) is 0 Å². The predicted octanol–water partition coefficient (Wildman–Crippen LogP) is 1.52. The van der Waals surface area contributed by atoms with Crippen molar-refractivity contribution in [3.8, 4) is 5.75 Å². The van der Waals surface area contributed by atoms with Crippen LogP contribution >= 0.6 is 11.8 Å². The third-order valence-electron chi connectivity index (χ3n) is 8.21. The highest BCUT2D eigenvalue weighted by Gasteiger charge is 2.68. The Hall–Kier alpha value is -2.86. The van der Waals surface area contributed by atoms with Crippen LogP contribution in [-0.4, -0.2) is 86.0 Å². The molecule has 0 bridgehead atoms. The molecule has 0 spiro atoms. The number of carbonyl (C=O) groups excluding carboxylic acids is 3. The largest absolute Gasteiger partial charge is 0.508 e. The molecule has 0 aromatic heterocycles. The van der Waals surface area contributed by atoms with Crippen molar-refractivity contribution in [2.75, 3.05) is 20.4 Å². The van der Waals surface area contributed by atoms with Crippen LogP contribution in [0.25, 0.3) is 5.76 Å². The van der Waals surface area contributed by atoms with Gasteiger partial charge in [-0.15, -0.1) is 11.8 Å². The van der Waals surface area contributed by atoms with E-state index in [4.69, 9.17) is 5.73 Å². The van der Waals surface area contributed by atoms with E-state index in [0.29, 0.717) is 11.1 Å². The number of likely N-dealkylation sites (N-methyl/N-ethyl adjacent to an activating group) is 1. The zero-order valence-electron chi connectivity index (χ0n) is 22.4. The number of benzene rings is 1. The van der Waals surface area contributed by atoms with E-state index in [2.05, 4.69) is 0 Å². The van der Waals surface area contributed by atoms with Gasteiger partial charge in [-0.25, -0.2) is 0 Å². The number of thioether (sulfide) groups is 1. The van der Waals surface area contributed by atoms with Crippen LogP contribution in [0.2, 0.25) is 0 Å². The number of rotatable bonds is 3. The fourth-order valence-electron chi connectivity index (χ4n) is 6.46. The first-order valence-corrected chi connectivity index (χ1v) is 13.4. The summed E-state index contributed by atoms with van der Waals surface area (Å²) in [6.45, 7) is 7.38. The molecule has 10 nitrogen and oxygen atoms in total. The third-order valence-corrected chi connectivity index (χ3v) is 8.99. The first-order chi connectivity index (χ1) is 17.4. The van der Waals surface area contributed by atoms with E-state index in [0.717, 1.165) is 4.90 Å². The monoisotopic (exact) mass is 546 g/mol. The van der Waals surface area contributed by atoms with Gasteiger partial charge in [0.2, 0.25) is 5.78 Å². The predicted molar refractivity (Wildman–Crippen MR) is 141 cm³/mol. The number of fused-ring (bicyclic) bond motifs is 3. The molecule has 1 amide bonds. The van der Waals surface area contributed by atoms with E-state index in [1.807, 2.05) is 33.1 Å². The van der Waals surface area contributed by atoms with Gasteiger partial charge in [-0.05, 0) is 43.3 Å². The highest BCUT2D eigenvalue weighted by molar-refractivity contribution is 7.98. The summed E-state index contributed by atoms with van der Waals surface area (Å²) in [4.78, 5) is 41.6. The van der Waals surface area contributed by atoms with Crippen LogP contribution in [0.15, 0.2) is 27.9 Å². The fraction of sp³-hybridized carbons (Fsp3) is 0.519. The van der Waals surface area contributed by atoms with Gasteiger partial charge in [-0.3, -0.25) is 19.3 Å². The number of carbonyl (C=O) groups is 3. The normalized spacial score (nSPS) is 31.4. The van der Waals surface area contributed by atoms with E-state index in [9.17, 15) is 39.9 Å². The molecule has 11 heteroatoms. The summed E-state index contributed by atoms with van der Waals surface area (Å²) in [6.07, 6.45) is 0.212. The lowest BCUT2D eigenvalue weighted by Crippen LogP contribution is -2.70. The molecule has 4 rings (SSSR count). The molecular weight excluding hydrogens is 512 g/mol. The van der Waals surface area contributed by atoms with Gasteiger partial charge in [-0.2, -0.15) is 0 Å². The molecule has 1 aromatic carbocycles. The average molecular weight is 547 g/mol. The minimum atomic E-state index is -2.93. The summed E-state index contributed by atoms with van der Waals surface area (Å²) in [5.74, 6) is -8.89. The lowest BCUT2D eigenvalue weighted by atomic mass is 9.54. The minimum absolute atomic E-state index is 0.0118. The zero-order valence-corrected chi connectivity index (χ0v) is 23.2. The number of aliphatic hydroxyl groups excluding tert-OH is 3. The van der Waals surface area contributed by atoms with Gasteiger partial charge in [0.15, 0.2) is 11.4 Å². The number of aromatic hydroxyl groups is 1. The number of nitrogens with two attached hydrogens (primary N) is 1. The van der Waals surface area contributed by atoms with Crippen LogP contribution in [0.4, 0.5) is 0 Å². The Morgan fingerprint density at radius 1 is 1.16 bits per heavy atom. The van der Waals surface area contributed by atoms with Gasteiger partial charge >= 0.3 is 0 Å². The SMILES string of the molecule is CSc1cc(C(C)(C)C)c(O)c2c1[C@H](C)[C@@H]1C(=C2O)C(=O)[C@]2(O)C(O)=C(C(N)=O)C(=O)[C@@H](N(C)C)[C@@H]2[C@H]1O. The average Bonchev–Trinajstić information content (AvgIpc) is 2.80. The Balaban J connectivity index is 2.11. The maximum absolute atomic E-state index is 14.1. The first kappa shape index (κ1) is 28.2. The van der Waals surface area contributed by atoms with E-state index in [1.54, 1.807) is 6.92 Å². The topological polar surface area (TPSA) is 182 Å². The zero-order chi connectivity index (χ0) is 28.8. The second-order valence-corrected chi connectivity index (χ2v) is 12.4. The molecule has 3 aliphatic carbocycles. The van der Waals surface area contributed by atoms with Crippen LogP contribution in [0.5, 0.6) is 5.75 Å².